The number of carbonyl (C=O) groups is 1. The summed E-state index contributed by atoms with van der Waals surface area (Å²) in [5.41, 5.74) is 7.37. The van der Waals surface area contributed by atoms with E-state index in [0.29, 0.717) is 6.54 Å². The van der Waals surface area contributed by atoms with Crippen molar-refractivity contribution in [3.63, 3.8) is 0 Å². The number of hydrogen-bond acceptors (Lipinski definition) is 2. The number of nitrogens with two attached hydrogens (primary N) is 1. The molecule has 0 aromatic heterocycles. The number of rotatable bonds is 4. The molecule has 0 aliphatic carbocycles. The fraction of sp³-hybridized carbons (Fsp3) is 0.533. The SMILES string of the molecule is CC(NC(=O)c1ccccc1CCN)C(C)(C)C. The molecule has 0 bridgehead atoms. The molecule has 0 fully saturated rings. The summed E-state index contributed by atoms with van der Waals surface area (Å²) in [4.78, 5) is 12.2. The van der Waals surface area contributed by atoms with Crippen LogP contribution in [0.25, 0.3) is 0 Å². The van der Waals surface area contributed by atoms with Crippen LogP contribution in [0.2, 0.25) is 0 Å². The van der Waals surface area contributed by atoms with Crippen LogP contribution in [0.1, 0.15) is 43.6 Å². The molecular formula is C15H24N2O. The molecule has 100 valence electrons. The average molecular weight is 248 g/mol. The number of amides is 1. The van der Waals surface area contributed by atoms with E-state index in [1.165, 1.54) is 0 Å². The third-order valence-electron chi connectivity index (χ3n) is 3.32. The van der Waals surface area contributed by atoms with Crippen LogP contribution >= 0.6 is 0 Å². The zero-order chi connectivity index (χ0) is 13.8. The van der Waals surface area contributed by atoms with Gasteiger partial charge in [-0.05, 0) is 36.9 Å². The van der Waals surface area contributed by atoms with Gasteiger partial charge in [0.25, 0.3) is 5.91 Å². The van der Waals surface area contributed by atoms with Crippen molar-refractivity contribution in [1.82, 2.24) is 5.32 Å². The van der Waals surface area contributed by atoms with Gasteiger partial charge in [0, 0.05) is 11.6 Å². The maximum atomic E-state index is 12.2. The van der Waals surface area contributed by atoms with Gasteiger partial charge in [0.1, 0.15) is 0 Å². The van der Waals surface area contributed by atoms with Crippen LogP contribution in [0.5, 0.6) is 0 Å². The predicted molar refractivity (Wildman–Crippen MR) is 75.6 cm³/mol. The summed E-state index contributed by atoms with van der Waals surface area (Å²) in [5, 5.41) is 3.06. The first-order valence-corrected chi connectivity index (χ1v) is 6.45. The van der Waals surface area contributed by atoms with Crippen LogP contribution in [0.3, 0.4) is 0 Å². The minimum Gasteiger partial charge on any atom is -0.349 e. The average Bonchev–Trinajstić information content (AvgIpc) is 2.28. The molecule has 0 aliphatic heterocycles. The second-order valence-corrected chi connectivity index (χ2v) is 5.76. The molecule has 1 amide bonds. The van der Waals surface area contributed by atoms with E-state index in [4.69, 9.17) is 5.73 Å². The van der Waals surface area contributed by atoms with Crippen LogP contribution in [0.15, 0.2) is 24.3 Å². The van der Waals surface area contributed by atoms with E-state index in [2.05, 4.69) is 26.1 Å². The van der Waals surface area contributed by atoms with E-state index in [1.807, 2.05) is 31.2 Å². The van der Waals surface area contributed by atoms with Gasteiger partial charge in [0.05, 0.1) is 0 Å². The predicted octanol–water partition coefficient (Wildman–Crippen LogP) is 2.35. The first-order chi connectivity index (χ1) is 8.36. The zero-order valence-electron chi connectivity index (χ0n) is 11.8. The molecule has 1 unspecified atom stereocenters. The minimum atomic E-state index is -0.0125. The van der Waals surface area contributed by atoms with Crippen molar-refractivity contribution in [2.75, 3.05) is 6.54 Å². The molecule has 0 radical (unpaired) electrons. The van der Waals surface area contributed by atoms with E-state index in [0.717, 1.165) is 17.5 Å². The van der Waals surface area contributed by atoms with Crippen LogP contribution in [0.4, 0.5) is 0 Å². The molecule has 1 aromatic rings. The highest BCUT2D eigenvalue weighted by atomic mass is 16.1. The molecule has 3 N–H and O–H groups in total. The Labute approximate surface area is 110 Å². The third kappa shape index (κ3) is 3.84. The monoisotopic (exact) mass is 248 g/mol. The summed E-state index contributed by atoms with van der Waals surface area (Å²) >= 11 is 0. The molecule has 3 nitrogen and oxygen atoms in total. The van der Waals surface area contributed by atoms with E-state index in [1.54, 1.807) is 0 Å². The van der Waals surface area contributed by atoms with Gasteiger partial charge in [0.2, 0.25) is 0 Å². The van der Waals surface area contributed by atoms with Crippen LogP contribution in [0, 0.1) is 5.41 Å². The van der Waals surface area contributed by atoms with Crippen molar-refractivity contribution in [1.29, 1.82) is 0 Å². The van der Waals surface area contributed by atoms with Crippen molar-refractivity contribution in [2.45, 2.75) is 40.2 Å². The first kappa shape index (κ1) is 14.7. The Morgan fingerprint density at radius 1 is 1.33 bits per heavy atom. The molecule has 0 saturated heterocycles. The summed E-state index contributed by atoms with van der Waals surface area (Å²) in [6.07, 6.45) is 0.730. The van der Waals surface area contributed by atoms with E-state index in [-0.39, 0.29) is 17.4 Å². The molecule has 18 heavy (non-hydrogen) atoms. The molecule has 0 heterocycles. The van der Waals surface area contributed by atoms with Crippen molar-refractivity contribution in [3.8, 4) is 0 Å². The molecular weight excluding hydrogens is 224 g/mol. The van der Waals surface area contributed by atoms with E-state index in [9.17, 15) is 4.79 Å². The maximum absolute atomic E-state index is 12.2. The lowest BCUT2D eigenvalue weighted by Crippen LogP contribution is -2.41. The highest BCUT2D eigenvalue weighted by molar-refractivity contribution is 5.95. The number of nitrogens with one attached hydrogen (secondary N) is 1. The molecule has 1 rings (SSSR count). The summed E-state index contributed by atoms with van der Waals surface area (Å²) in [6.45, 7) is 8.93. The Morgan fingerprint density at radius 2 is 1.94 bits per heavy atom. The van der Waals surface area contributed by atoms with Gasteiger partial charge < -0.3 is 11.1 Å². The van der Waals surface area contributed by atoms with Gasteiger partial charge in [-0.25, -0.2) is 0 Å². The molecule has 3 heteroatoms. The fourth-order valence-electron chi connectivity index (χ4n) is 1.61. The van der Waals surface area contributed by atoms with Crippen molar-refractivity contribution in [3.05, 3.63) is 35.4 Å². The number of hydrogen-bond donors (Lipinski definition) is 2. The lowest BCUT2D eigenvalue weighted by molar-refractivity contribution is 0.0909. The van der Waals surface area contributed by atoms with Gasteiger partial charge in [-0.3, -0.25) is 4.79 Å². The van der Waals surface area contributed by atoms with Gasteiger partial charge in [-0.1, -0.05) is 39.0 Å². The van der Waals surface area contributed by atoms with Crippen molar-refractivity contribution < 1.29 is 4.79 Å². The molecule has 1 atom stereocenters. The molecule has 1 aromatic carbocycles. The Bertz CT molecular complexity index is 407. The topological polar surface area (TPSA) is 55.1 Å². The highest BCUT2D eigenvalue weighted by Crippen LogP contribution is 2.19. The quantitative estimate of drug-likeness (QED) is 0.859. The van der Waals surface area contributed by atoms with Gasteiger partial charge in [0.15, 0.2) is 0 Å². The number of benzene rings is 1. The first-order valence-electron chi connectivity index (χ1n) is 6.45. The lowest BCUT2D eigenvalue weighted by Gasteiger charge is -2.28. The van der Waals surface area contributed by atoms with Crippen LogP contribution in [-0.4, -0.2) is 18.5 Å². The lowest BCUT2D eigenvalue weighted by atomic mass is 9.88. The second kappa shape index (κ2) is 6.01. The van der Waals surface area contributed by atoms with Crippen LogP contribution < -0.4 is 11.1 Å². The van der Waals surface area contributed by atoms with E-state index >= 15 is 0 Å². The summed E-state index contributed by atoms with van der Waals surface area (Å²) in [6, 6.07) is 7.76. The third-order valence-corrected chi connectivity index (χ3v) is 3.32. The standard InChI is InChI=1S/C15H24N2O/c1-11(15(2,3)4)17-14(18)13-8-6-5-7-12(13)9-10-16/h5-8,11H,9-10,16H2,1-4H3,(H,17,18). The van der Waals surface area contributed by atoms with Crippen molar-refractivity contribution in [2.24, 2.45) is 11.1 Å². The molecule has 0 saturated carbocycles. The minimum absolute atomic E-state index is 0.0125. The molecule has 0 spiro atoms. The summed E-state index contributed by atoms with van der Waals surface area (Å²) in [7, 11) is 0. The smallest absolute Gasteiger partial charge is 0.251 e. The van der Waals surface area contributed by atoms with Gasteiger partial charge in [-0.2, -0.15) is 0 Å². The summed E-state index contributed by atoms with van der Waals surface area (Å²) in [5.74, 6) is -0.0125. The summed E-state index contributed by atoms with van der Waals surface area (Å²) < 4.78 is 0. The maximum Gasteiger partial charge on any atom is 0.251 e. The Hall–Kier alpha value is -1.35. The number of carbonyl (C=O) groups excluding carboxylic acids is 1. The zero-order valence-corrected chi connectivity index (χ0v) is 11.8. The van der Waals surface area contributed by atoms with Gasteiger partial charge >= 0.3 is 0 Å². The highest BCUT2D eigenvalue weighted by Gasteiger charge is 2.22. The fourth-order valence-corrected chi connectivity index (χ4v) is 1.61. The van der Waals surface area contributed by atoms with Crippen molar-refractivity contribution >= 4 is 5.91 Å². The Morgan fingerprint density at radius 3 is 2.50 bits per heavy atom. The Balaban J connectivity index is 2.84. The van der Waals surface area contributed by atoms with E-state index < -0.39 is 0 Å². The molecule has 0 aliphatic rings. The largest absolute Gasteiger partial charge is 0.349 e. The normalized spacial score (nSPS) is 13.2. The second-order valence-electron chi connectivity index (χ2n) is 5.76. The van der Waals surface area contributed by atoms with Crippen LogP contribution in [-0.2, 0) is 6.42 Å². The Kier molecular flexibility index (Phi) is 4.91. The van der Waals surface area contributed by atoms with Gasteiger partial charge in [-0.15, -0.1) is 0 Å².